The summed E-state index contributed by atoms with van der Waals surface area (Å²) in [6, 6.07) is 16.1. The fourth-order valence-electron chi connectivity index (χ4n) is 3.49. The number of esters is 1. The summed E-state index contributed by atoms with van der Waals surface area (Å²) in [6.45, 7) is 3.72. The van der Waals surface area contributed by atoms with Gasteiger partial charge in [0.05, 0.1) is 30.3 Å². The van der Waals surface area contributed by atoms with Crippen molar-refractivity contribution in [1.82, 2.24) is 4.90 Å². The fraction of sp³-hybridized carbons (Fsp3) is 0.348. The highest BCUT2D eigenvalue weighted by Crippen LogP contribution is 2.20. The van der Waals surface area contributed by atoms with Gasteiger partial charge in [0.25, 0.3) is 5.91 Å². The van der Waals surface area contributed by atoms with Crippen LogP contribution in [0.4, 0.5) is 11.4 Å². The lowest BCUT2D eigenvalue weighted by atomic mass is 9.97. The minimum absolute atomic E-state index is 0.0910. The lowest BCUT2D eigenvalue weighted by Gasteiger charge is -2.30. The summed E-state index contributed by atoms with van der Waals surface area (Å²) in [4.78, 5) is 39.1. The molecule has 2 N–H and O–H groups in total. The highest BCUT2D eigenvalue weighted by Gasteiger charge is 2.27. The fourth-order valence-corrected chi connectivity index (χ4v) is 3.49. The van der Waals surface area contributed by atoms with E-state index in [0.29, 0.717) is 49.5 Å². The van der Waals surface area contributed by atoms with Gasteiger partial charge in [-0.3, -0.25) is 19.3 Å². The number of nitrogens with zero attached hydrogens (tertiary/aromatic N) is 1. The molecule has 7 heteroatoms. The minimum Gasteiger partial charge on any atom is -0.466 e. The molecule has 0 spiro atoms. The predicted octanol–water partition coefficient (Wildman–Crippen LogP) is 3.15. The first-order chi connectivity index (χ1) is 14.6. The Hall–Kier alpha value is -3.19. The maximum absolute atomic E-state index is 12.6. The smallest absolute Gasteiger partial charge is 0.309 e. The predicted molar refractivity (Wildman–Crippen MR) is 115 cm³/mol. The average Bonchev–Trinajstić information content (AvgIpc) is 2.75. The first-order valence-corrected chi connectivity index (χ1v) is 10.2. The highest BCUT2D eigenvalue weighted by atomic mass is 16.5. The van der Waals surface area contributed by atoms with Crippen LogP contribution in [-0.4, -0.2) is 48.9 Å². The maximum atomic E-state index is 12.6. The molecule has 0 aliphatic carbocycles. The van der Waals surface area contributed by atoms with Crippen molar-refractivity contribution in [3.8, 4) is 0 Å². The van der Waals surface area contributed by atoms with Gasteiger partial charge in [0.15, 0.2) is 0 Å². The average molecular weight is 409 g/mol. The summed E-state index contributed by atoms with van der Waals surface area (Å²) >= 11 is 0. The van der Waals surface area contributed by atoms with E-state index >= 15 is 0 Å². The third kappa shape index (κ3) is 5.90. The number of benzene rings is 2. The quantitative estimate of drug-likeness (QED) is 0.686. The molecule has 1 saturated heterocycles. The van der Waals surface area contributed by atoms with Crippen LogP contribution in [0.2, 0.25) is 0 Å². The second-order valence-corrected chi connectivity index (χ2v) is 7.22. The number of nitrogens with one attached hydrogen (secondary N) is 2. The number of piperidine rings is 1. The van der Waals surface area contributed by atoms with Crippen LogP contribution in [0, 0.1) is 5.92 Å². The van der Waals surface area contributed by atoms with E-state index in [1.54, 1.807) is 43.3 Å². The van der Waals surface area contributed by atoms with E-state index < -0.39 is 0 Å². The molecular formula is C23H27N3O4. The maximum Gasteiger partial charge on any atom is 0.309 e. The summed E-state index contributed by atoms with van der Waals surface area (Å²) in [5.74, 6) is -0.719. The molecule has 158 valence electrons. The molecule has 0 bridgehead atoms. The van der Waals surface area contributed by atoms with E-state index in [0.717, 1.165) is 0 Å². The zero-order chi connectivity index (χ0) is 21.3. The number of amides is 2. The summed E-state index contributed by atoms with van der Waals surface area (Å²) in [6.07, 6.45) is 1.37. The molecule has 2 aromatic carbocycles. The summed E-state index contributed by atoms with van der Waals surface area (Å²) in [7, 11) is 0. The van der Waals surface area contributed by atoms with Gasteiger partial charge in [-0.15, -0.1) is 0 Å². The molecular weight excluding hydrogens is 382 g/mol. The van der Waals surface area contributed by atoms with Crippen molar-refractivity contribution < 1.29 is 19.1 Å². The normalized spacial score (nSPS) is 14.7. The summed E-state index contributed by atoms with van der Waals surface area (Å²) in [5.41, 5.74) is 1.56. The van der Waals surface area contributed by atoms with Crippen LogP contribution in [-0.2, 0) is 14.3 Å². The van der Waals surface area contributed by atoms with Gasteiger partial charge in [-0.2, -0.15) is 0 Å². The Morgan fingerprint density at radius 2 is 1.63 bits per heavy atom. The minimum atomic E-state index is -0.285. The van der Waals surface area contributed by atoms with Crippen molar-refractivity contribution >= 4 is 29.2 Å². The van der Waals surface area contributed by atoms with E-state index in [9.17, 15) is 14.4 Å². The second-order valence-electron chi connectivity index (χ2n) is 7.22. The number of carbonyl (C=O) groups is 3. The topological polar surface area (TPSA) is 87.7 Å². The number of ether oxygens (including phenoxy) is 1. The number of anilines is 2. The van der Waals surface area contributed by atoms with Gasteiger partial charge < -0.3 is 15.4 Å². The number of hydrogen-bond acceptors (Lipinski definition) is 5. The van der Waals surface area contributed by atoms with Crippen LogP contribution in [0.25, 0.3) is 0 Å². The zero-order valence-corrected chi connectivity index (χ0v) is 17.1. The van der Waals surface area contributed by atoms with E-state index in [-0.39, 0.29) is 30.2 Å². The zero-order valence-electron chi connectivity index (χ0n) is 17.1. The van der Waals surface area contributed by atoms with Gasteiger partial charge in [-0.1, -0.05) is 30.3 Å². The molecule has 0 unspecified atom stereocenters. The standard InChI is InChI=1S/C23H27N3O4/c1-2-30-23(29)17-12-14-26(15-13-17)16-21(27)25-20-11-7-6-10-19(20)22(28)24-18-8-4-3-5-9-18/h3-11,17H,2,12-16H2,1H3,(H,24,28)(H,25,27). The number of hydrogen-bond donors (Lipinski definition) is 2. The second kappa shape index (κ2) is 10.5. The molecule has 0 atom stereocenters. The molecule has 0 aromatic heterocycles. The van der Waals surface area contributed by atoms with Crippen LogP contribution in [0.5, 0.6) is 0 Å². The first-order valence-electron chi connectivity index (χ1n) is 10.2. The molecule has 1 aliphatic heterocycles. The lowest BCUT2D eigenvalue weighted by molar-refractivity contribution is -0.149. The molecule has 0 radical (unpaired) electrons. The summed E-state index contributed by atoms with van der Waals surface area (Å²) < 4.78 is 5.08. The number of carbonyl (C=O) groups excluding carboxylic acids is 3. The van der Waals surface area contributed by atoms with Gasteiger partial charge >= 0.3 is 5.97 Å². The van der Waals surface area contributed by atoms with Gasteiger partial charge in [-0.25, -0.2) is 0 Å². The van der Waals surface area contributed by atoms with Crippen LogP contribution < -0.4 is 10.6 Å². The largest absolute Gasteiger partial charge is 0.466 e. The molecule has 1 aliphatic rings. The Balaban J connectivity index is 1.55. The van der Waals surface area contributed by atoms with Gasteiger partial charge in [-0.05, 0) is 57.1 Å². The van der Waals surface area contributed by atoms with Gasteiger partial charge in [0.2, 0.25) is 5.91 Å². The number of para-hydroxylation sites is 2. The monoisotopic (exact) mass is 409 g/mol. The van der Waals surface area contributed by atoms with Crippen molar-refractivity contribution in [2.24, 2.45) is 5.92 Å². The number of rotatable bonds is 7. The Bertz CT molecular complexity index is 877. The molecule has 3 rings (SSSR count). The van der Waals surface area contributed by atoms with Crippen molar-refractivity contribution in [1.29, 1.82) is 0 Å². The number of likely N-dealkylation sites (tertiary alicyclic amines) is 1. The van der Waals surface area contributed by atoms with E-state index in [1.165, 1.54) is 0 Å². The van der Waals surface area contributed by atoms with E-state index in [4.69, 9.17) is 4.74 Å². The Kier molecular flexibility index (Phi) is 7.57. The van der Waals surface area contributed by atoms with Crippen LogP contribution in [0.15, 0.2) is 54.6 Å². The molecule has 1 heterocycles. The van der Waals surface area contributed by atoms with Crippen molar-refractivity contribution in [3.63, 3.8) is 0 Å². The summed E-state index contributed by atoms with van der Waals surface area (Å²) in [5, 5.41) is 5.68. The highest BCUT2D eigenvalue weighted by molar-refractivity contribution is 6.10. The van der Waals surface area contributed by atoms with E-state index in [2.05, 4.69) is 10.6 Å². The Labute approximate surface area is 176 Å². The van der Waals surface area contributed by atoms with Crippen LogP contribution in [0.3, 0.4) is 0 Å². The molecule has 2 amide bonds. The van der Waals surface area contributed by atoms with Crippen LogP contribution >= 0.6 is 0 Å². The van der Waals surface area contributed by atoms with Crippen LogP contribution in [0.1, 0.15) is 30.1 Å². The molecule has 2 aromatic rings. The third-order valence-corrected chi connectivity index (χ3v) is 5.05. The third-order valence-electron chi connectivity index (χ3n) is 5.05. The van der Waals surface area contributed by atoms with Gasteiger partial charge in [0.1, 0.15) is 0 Å². The molecule has 0 saturated carbocycles. The first kappa shape index (κ1) is 21.5. The van der Waals surface area contributed by atoms with Crippen molar-refractivity contribution in [2.75, 3.05) is 36.9 Å². The molecule has 30 heavy (non-hydrogen) atoms. The van der Waals surface area contributed by atoms with Gasteiger partial charge in [0, 0.05) is 5.69 Å². The Morgan fingerprint density at radius 1 is 0.967 bits per heavy atom. The molecule has 7 nitrogen and oxygen atoms in total. The van der Waals surface area contributed by atoms with Crippen molar-refractivity contribution in [3.05, 3.63) is 60.2 Å². The SMILES string of the molecule is CCOC(=O)C1CCN(CC(=O)Nc2ccccc2C(=O)Nc2ccccc2)CC1. The lowest BCUT2D eigenvalue weighted by Crippen LogP contribution is -2.41. The van der Waals surface area contributed by atoms with E-state index in [1.807, 2.05) is 23.1 Å². The molecule has 1 fully saturated rings. The van der Waals surface area contributed by atoms with Crippen molar-refractivity contribution in [2.45, 2.75) is 19.8 Å². The Morgan fingerprint density at radius 3 is 2.33 bits per heavy atom.